The second-order valence-electron chi connectivity index (χ2n) is 3.30. The lowest BCUT2D eigenvalue weighted by molar-refractivity contribution is 0.171. The van der Waals surface area contributed by atoms with Crippen molar-refractivity contribution in [2.45, 2.75) is 25.9 Å². The molecule has 0 amide bonds. The summed E-state index contributed by atoms with van der Waals surface area (Å²) in [6, 6.07) is 3.89. The minimum atomic E-state index is -0.364. The normalized spacial score (nSPS) is 14.4. The van der Waals surface area contributed by atoms with E-state index in [0.717, 1.165) is 23.3 Å². The molecule has 1 unspecified atom stereocenters. The molecule has 0 saturated heterocycles. The molecule has 78 valence electrons. The first kappa shape index (κ1) is 11.4. The fourth-order valence-electron chi connectivity index (χ4n) is 1.25. The average Bonchev–Trinajstić information content (AvgIpc) is 2.67. The highest BCUT2D eigenvalue weighted by atomic mass is 32.1. The molecule has 0 saturated carbocycles. The monoisotopic (exact) mass is 212 g/mol. The molecule has 0 spiro atoms. The molecule has 0 aliphatic rings. The van der Waals surface area contributed by atoms with E-state index in [1.165, 1.54) is 0 Å². The van der Waals surface area contributed by atoms with Gasteiger partial charge >= 0.3 is 0 Å². The van der Waals surface area contributed by atoms with Gasteiger partial charge in [0.1, 0.15) is 0 Å². The predicted molar refractivity (Wildman–Crippen MR) is 59.4 cm³/mol. The Labute approximate surface area is 88.5 Å². The Bertz CT molecular complexity index is 277. The summed E-state index contributed by atoms with van der Waals surface area (Å²) < 4.78 is 0. The molecule has 1 aromatic heterocycles. The van der Waals surface area contributed by atoms with Crippen molar-refractivity contribution in [3.05, 3.63) is 34.0 Å². The van der Waals surface area contributed by atoms with Crippen LogP contribution in [0.15, 0.2) is 29.2 Å². The molecule has 0 aromatic carbocycles. The number of aliphatic hydroxyl groups is 2. The third kappa shape index (κ3) is 3.62. The van der Waals surface area contributed by atoms with Crippen molar-refractivity contribution in [2.24, 2.45) is 0 Å². The number of hydrogen-bond acceptors (Lipinski definition) is 3. The first-order valence-corrected chi connectivity index (χ1v) is 5.60. The van der Waals surface area contributed by atoms with Gasteiger partial charge in [-0.3, -0.25) is 0 Å². The summed E-state index contributed by atoms with van der Waals surface area (Å²) in [6.07, 6.45) is 2.97. The minimum Gasteiger partial charge on any atom is -0.392 e. The van der Waals surface area contributed by atoms with Crippen molar-refractivity contribution >= 4 is 11.3 Å². The molecule has 2 N–H and O–H groups in total. The Morgan fingerprint density at radius 3 is 3.00 bits per heavy atom. The van der Waals surface area contributed by atoms with Gasteiger partial charge in [0.25, 0.3) is 0 Å². The molecule has 0 fully saturated rings. The predicted octanol–water partition coefficient (Wildman–Crippen LogP) is 2.50. The fourth-order valence-corrected chi connectivity index (χ4v) is 1.99. The largest absolute Gasteiger partial charge is 0.392 e. The van der Waals surface area contributed by atoms with Crippen LogP contribution in [-0.2, 0) is 0 Å². The van der Waals surface area contributed by atoms with Gasteiger partial charge in [0.2, 0.25) is 0 Å². The van der Waals surface area contributed by atoms with E-state index in [-0.39, 0.29) is 12.7 Å². The van der Waals surface area contributed by atoms with Crippen LogP contribution < -0.4 is 0 Å². The lowest BCUT2D eigenvalue weighted by atomic mass is 10.1. The van der Waals surface area contributed by atoms with Crippen LogP contribution in [0.25, 0.3) is 0 Å². The summed E-state index contributed by atoms with van der Waals surface area (Å²) in [6.45, 7) is 2.05. The highest BCUT2D eigenvalue weighted by molar-refractivity contribution is 7.10. The maximum Gasteiger partial charge on any atom is 0.0885 e. The van der Waals surface area contributed by atoms with E-state index in [9.17, 15) is 5.11 Å². The van der Waals surface area contributed by atoms with Gasteiger partial charge in [-0.2, -0.15) is 0 Å². The van der Waals surface area contributed by atoms with Crippen molar-refractivity contribution in [3.8, 4) is 0 Å². The molecule has 3 heteroatoms. The van der Waals surface area contributed by atoms with Crippen molar-refractivity contribution in [2.75, 3.05) is 6.61 Å². The van der Waals surface area contributed by atoms with E-state index in [1.807, 2.05) is 24.4 Å². The van der Waals surface area contributed by atoms with Crippen LogP contribution in [0.2, 0.25) is 0 Å². The lowest BCUT2D eigenvalue weighted by Crippen LogP contribution is -1.95. The van der Waals surface area contributed by atoms with Gasteiger partial charge in [-0.15, -0.1) is 11.3 Å². The molecule has 2 nitrogen and oxygen atoms in total. The highest BCUT2D eigenvalue weighted by Gasteiger charge is 2.07. The third-order valence-electron chi connectivity index (χ3n) is 2.12. The summed E-state index contributed by atoms with van der Waals surface area (Å²) >= 11 is 1.58. The number of rotatable bonds is 5. The highest BCUT2D eigenvalue weighted by Crippen LogP contribution is 2.24. The third-order valence-corrected chi connectivity index (χ3v) is 3.10. The zero-order valence-electron chi connectivity index (χ0n) is 8.31. The van der Waals surface area contributed by atoms with Crippen molar-refractivity contribution < 1.29 is 10.2 Å². The molecule has 1 aromatic rings. The van der Waals surface area contributed by atoms with Crippen LogP contribution >= 0.6 is 11.3 Å². The van der Waals surface area contributed by atoms with Gasteiger partial charge in [0, 0.05) is 4.88 Å². The Morgan fingerprint density at radius 2 is 2.43 bits per heavy atom. The molecule has 1 heterocycles. The van der Waals surface area contributed by atoms with Crippen LogP contribution in [0.5, 0.6) is 0 Å². The first-order chi connectivity index (χ1) is 6.74. The van der Waals surface area contributed by atoms with Gasteiger partial charge in [0.15, 0.2) is 0 Å². The first-order valence-electron chi connectivity index (χ1n) is 4.72. The Balaban J connectivity index is 2.35. The lowest BCUT2D eigenvalue weighted by Gasteiger charge is -2.08. The number of aliphatic hydroxyl groups excluding tert-OH is 2. The Morgan fingerprint density at radius 1 is 1.64 bits per heavy atom. The smallest absolute Gasteiger partial charge is 0.0885 e. The minimum absolute atomic E-state index is 0.0843. The molecule has 0 aliphatic carbocycles. The zero-order chi connectivity index (χ0) is 10.4. The molecule has 1 atom stereocenters. The van der Waals surface area contributed by atoms with Crippen LogP contribution in [-0.4, -0.2) is 16.8 Å². The molecule has 0 aliphatic heterocycles. The second kappa shape index (κ2) is 5.96. The average molecular weight is 212 g/mol. The van der Waals surface area contributed by atoms with Crippen LogP contribution in [0.4, 0.5) is 0 Å². The summed E-state index contributed by atoms with van der Waals surface area (Å²) in [5.74, 6) is 0. The van der Waals surface area contributed by atoms with E-state index in [1.54, 1.807) is 17.4 Å². The molecule has 14 heavy (non-hydrogen) atoms. The van der Waals surface area contributed by atoms with Crippen molar-refractivity contribution in [1.82, 2.24) is 0 Å². The number of allylic oxidation sites excluding steroid dienone is 1. The van der Waals surface area contributed by atoms with E-state index < -0.39 is 0 Å². The summed E-state index contributed by atoms with van der Waals surface area (Å²) in [5.41, 5.74) is 1.13. The molecular formula is C11H16O2S. The number of thiophene rings is 1. The quantitative estimate of drug-likeness (QED) is 0.736. The topological polar surface area (TPSA) is 40.5 Å². The molecule has 1 rings (SSSR count). The summed E-state index contributed by atoms with van der Waals surface area (Å²) in [4.78, 5) is 1.02. The van der Waals surface area contributed by atoms with Crippen LogP contribution in [0.1, 0.15) is 30.7 Å². The molecule has 0 radical (unpaired) electrons. The molecular weight excluding hydrogens is 196 g/mol. The summed E-state index contributed by atoms with van der Waals surface area (Å²) in [7, 11) is 0. The van der Waals surface area contributed by atoms with Crippen LogP contribution in [0.3, 0.4) is 0 Å². The van der Waals surface area contributed by atoms with Gasteiger partial charge in [0.05, 0.1) is 12.7 Å². The van der Waals surface area contributed by atoms with Crippen LogP contribution in [0, 0.1) is 0 Å². The van der Waals surface area contributed by atoms with Crippen molar-refractivity contribution in [3.63, 3.8) is 0 Å². The van der Waals surface area contributed by atoms with E-state index in [2.05, 4.69) is 0 Å². The van der Waals surface area contributed by atoms with E-state index in [4.69, 9.17) is 5.11 Å². The fraction of sp³-hybridized carbons (Fsp3) is 0.455. The number of hydrogen-bond donors (Lipinski definition) is 2. The van der Waals surface area contributed by atoms with Gasteiger partial charge in [-0.1, -0.05) is 17.7 Å². The van der Waals surface area contributed by atoms with E-state index >= 15 is 0 Å². The Hall–Kier alpha value is -0.640. The second-order valence-corrected chi connectivity index (χ2v) is 4.28. The maximum absolute atomic E-state index is 9.75. The zero-order valence-corrected chi connectivity index (χ0v) is 9.13. The SMILES string of the molecule is CC(=CCO)CCC(O)c1cccs1. The summed E-state index contributed by atoms with van der Waals surface area (Å²) in [5, 5.41) is 20.4. The van der Waals surface area contributed by atoms with Gasteiger partial charge in [-0.25, -0.2) is 0 Å². The molecule has 0 bridgehead atoms. The standard InChI is InChI=1S/C11H16O2S/c1-9(6-7-12)4-5-10(13)11-3-2-8-14-11/h2-3,6,8,10,12-13H,4-5,7H2,1H3. The Kier molecular flexibility index (Phi) is 4.87. The van der Waals surface area contributed by atoms with E-state index in [0.29, 0.717) is 0 Å². The van der Waals surface area contributed by atoms with Crippen molar-refractivity contribution in [1.29, 1.82) is 0 Å². The van der Waals surface area contributed by atoms with Gasteiger partial charge < -0.3 is 10.2 Å². The van der Waals surface area contributed by atoms with Gasteiger partial charge in [-0.05, 0) is 31.2 Å². The maximum atomic E-state index is 9.75.